The number of hydrogen-bond donors (Lipinski definition) is 4. The van der Waals surface area contributed by atoms with Gasteiger partial charge in [0.05, 0.1) is 22.0 Å². The highest BCUT2D eigenvalue weighted by molar-refractivity contribution is 7.89. The van der Waals surface area contributed by atoms with Gasteiger partial charge < -0.3 is 11.1 Å². The van der Waals surface area contributed by atoms with Gasteiger partial charge >= 0.3 is 0 Å². The summed E-state index contributed by atoms with van der Waals surface area (Å²) in [5.41, 5.74) is 6.52. The van der Waals surface area contributed by atoms with Gasteiger partial charge in [-0.1, -0.05) is 0 Å². The van der Waals surface area contributed by atoms with Crippen molar-refractivity contribution in [2.45, 2.75) is 11.3 Å². The predicted octanol–water partition coefficient (Wildman–Crippen LogP) is -0.733. The Hall–Kier alpha value is -1.36. The summed E-state index contributed by atoms with van der Waals surface area (Å²) in [6.07, 6.45) is 0.293. The largest absolute Gasteiger partial charge is 0.397 e. The zero-order valence-electron chi connectivity index (χ0n) is 11.0. The second-order valence-electron chi connectivity index (χ2n) is 4.10. The Labute approximate surface area is 118 Å². The molecule has 0 atom stereocenters. The van der Waals surface area contributed by atoms with Gasteiger partial charge in [-0.15, -0.1) is 0 Å². The number of rotatable bonds is 7. The molecule has 0 radical (unpaired) electrons. The number of nitrogens with two attached hydrogens (primary N) is 2. The van der Waals surface area contributed by atoms with Gasteiger partial charge in [0.1, 0.15) is 0 Å². The molecule has 0 heterocycles. The van der Waals surface area contributed by atoms with Crippen LogP contribution in [0.4, 0.5) is 11.4 Å². The van der Waals surface area contributed by atoms with Gasteiger partial charge in [0.25, 0.3) is 0 Å². The highest BCUT2D eigenvalue weighted by atomic mass is 32.2. The van der Waals surface area contributed by atoms with Crippen LogP contribution in [0, 0.1) is 0 Å². The van der Waals surface area contributed by atoms with Crippen LogP contribution in [-0.2, 0) is 20.0 Å². The fraction of sp³-hybridized carbons (Fsp3) is 0.400. The first-order chi connectivity index (χ1) is 9.15. The zero-order valence-corrected chi connectivity index (χ0v) is 12.6. The molecule has 0 saturated carbocycles. The summed E-state index contributed by atoms with van der Waals surface area (Å²) in [4.78, 5) is 0.0724. The summed E-state index contributed by atoms with van der Waals surface area (Å²) >= 11 is 0. The Bertz CT molecular complexity index is 670. The Balaban J connectivity index is 2.78. The zero-order chi connectivity index (χ0) is 15.4. The fourth-order valence-corrected chi connectivity index (χ4v) is 2.77. The van der Waals surface area contributed by atoms with Crippen LogP contribution >= 0.6 is 0 Å². The van der Waals surface area contributed by atoms with Crippen LogP contribution in [0.5, 0.6) is 0 Å². The summed E-state index contributed by atoms with van der Waals surface area (Å²) in [7, 11) is -5.74. The van der Waals surface area contributed by atoms with Gasteiger partial charge in [0, 0.05) is 6.54 Å². The first kappa shape index (κ1) is 16.7. The molecule has 1 rings (SSSR count). The van der Waals surface area contributed by atoms with Gasteiger partial charge in [-0.2, -0.15) is 0 Å². The van der Waals surface area contributed by atoms with E-state index in [1.54, 1.807) is 0 Å². The molecule has 114 valence electrons. The summed E-state index contributed by atoms with van der Waals surface area (Å²) < 4.78 is 47.0. The Morgan fingerprint density at radius 2 is 1.85 bits per heavy atom. The van der Waals surface area contributed by atoms with E-state index in [1.165, 1.54) is 25.2 Å². The lowest BCUT2D eigenvalue weighted by Gasteiger charge is -2.11. The van der Waals surface area contributed by atoms with Crippen LogP contribution in [0.25, 0.3) is 0 Å². The standard InChI is InChI=1S/C10H18N4O4S2/c1-13-20(17,18)8-3-4-9(11)10(7-8)14-5-2-6-19(12,15)16/h3-4,7,13-14H,2,5-6,11H2,1H3,(H2,12,15,16). The van der Waals surface area contributed by atoms with Crippen LogP contribution in [-0.4, -0.2) is 36.2 Å². The maximum Gasteiger partial charge on any atom is 0.240 e. The molecule has 0 spiro atoms. The molecular weight excluding hydrogens is 304 g/mol. The molecule has 8 nitrogen and oxygen atoms in total. The average Bonchev–Trinajstić information content (AvgIpc) is 2.35. The quantitative estimate of drug-likeness (QED) is 0.384. The van der Waals surface area contributed by atoms with E-state index in [4.69, 9.17) is 10.9 Å². The summed E-state index contributed by atoms with van der Waals surface area (Å²) in [6.45, 7) is 0.309. The predicted molar refractivity (Wildman–Crippen MR) is 78.2 cm³/mol. The van der Waals surface area contributed by atoms with Crippen molar-refractivity contribution in [3.63, 3.8) is 0 Å². The summed E-state index contributed by atoms with van der Waals surface area (Å²) in [5.74, 6) is -0.158. The van der Waals surface area contributed by atoms with E-state index in [0.717, 1.165) is 0 Å². The van der Waals surface area contributed by atoms with Gasteiger partial charge in [-0.25, -0.2) is 26.7 Å². The van der Waals surface area contributed by atoms with Crippen molar-refractivity contribution in [2.75, 3.05) is 30.4 Å². The number of anilines is 2. The molecule has 1 aromatic carbocycles. The van der Waals surface area contributed by atoms with Gasteiger partial charge in [0.15, 0.2) is 0 Å². The maximum atomic E-state index is 11.7. The minimum atomic E-state index is -3.55. The molecule has 0 aliphatic heterocycles. The SMILES string of the molecule is CNS(=O)(=O)c1ccc(N)c(NCCCS(N)(=O)=O)c1. The second-order valence-corrected chi connectivity index (χ2v) is 7.72. The van der Waals surface area contributed by atoms with Crippen LogP contribution in [0.15, 0.2) is 23.1 Å². The maximum absolute atomic E-state index is 11.7. The first-order valence-corrected chi connectivity index (χ1v) is 8.93. The molecule has 0 unspecified atom stereocenters. The molecule has 0 aromatic heterocycles. The third kappa shape index (κ3) is 4.96. The second kappa shape index (κ2) is 6.39. The van der Waals surface area contributed by atoms with Crippen LogP contribution < -0.4 is 20.9 Å². The summed E-state index contributed by atoms with van der Waals surface area (Å²) in [6, 6.07) is 4.24. The number of benzene rings is 1. The Morgan fingerprint density at radius 3 is 2.40 bits per heavy atom. The van der Waals surface area contributed by atoms with E-state index >= 15 is 0 Å². The third-order valence-electron chi connectivity index (χ3n) is 2.52. The van der Waals surface area contributed by atoms with Crippen molar-refractivity contribution < 1.29 is 16.8 Å². The number of nitrogens with one attached hydrogen (secondary N) is 2. The lowest BCUT2D eigenvalue weighted by atomic mass is 10.2. The normalized spacial score (nSPS) is 12.3. The van der Waals surface area contributed by atoms with E-state index in [2.05, 4.69) is 10.0 Å². The lowest BCUT2D eigenvalue weighted by molar-refractivity contribution is 0.588. The van der Waals surface area contributed by atoms with E-state index in [1.807, 2.05) is 0 Å². The highest BCUT2D eigenvalue weighted by Crippen LogP contribution is 2.22. The Kier molecular flexibility index (Phi) is 5.34. The van der Waals surface area contributed by atoms with Crippen molar-refractivity contribution in [1.82, 2.24) is 4.72 Å². The summed E-state index contributed by atoms with van der Waals surface area (Å²) in [5, 5.41) is 7.76. The minimum Gasteiger partial charge on any atom is -0.397 e. The smallest absolute Gasteiger partial charge is 0.240 e. The third-order valence-corrected chi connectivity index (χ3v) is 4.79. The van der Waals surface area contributed by atoms with Crippen LogP contribution in [0.2, 0.25) is 0 Å². The van der Waals surface area contributed by atoms with Crippen molar-refractivity contribution in [3.8, 4) is 0 Å². The van der Waals surface area contributed by atoms with E-state index in [-0.39, 0.29) is 10.6 Å². The monoisotopic (exact) mass is 322 g/mol. The molecule has 0 saturated heterocycles. The van der Waals surface area contributed by atoms with Crippen molar-refractivity contribution in [3.05, 3.63) is 18.2 Å². The average molecular weight is 322 g/mol. The number of hydrogen-bond acceptors (Lipinski definition) is 6. The van der Waals surface area contributed by atoms with E-state index in [9.17, 15) is 16.8 Å². The van der Waals surface area contributed by atoms with Crippen LogP contribution in [0.1, 0.15) is 6.42 Å². The molecule has 20 heavy (non-hydrogen) atoms. The molecule has 6 N–H and O–H groups in total. The van der Waals surface area contributed by atoms with Crippen molar-refractivity contribution in [1.29, 1.82) is 0 Å². The highest BCUT2D eigenvalue weighted by Gasteiger charge is 2.13. The molecule has 0 fully saturated rings. The van der Waals surface area contributed by atoms with E-state index < -0.39 is 20.0 Å². The molecule has 0 aliphatic rings. The molecule has 10 heteroatoms. The van der Waals surface area contributed by atoms with E-state index in [0.29, 0.717) is 24.3 Å². The first-order valence-electron chi connectivity index (χ1n) is 5.73. The molecule has 1 aromatic rings. The van der Waals surface area contributed by atoms with Crippen molar-refractivity contribution >= 4 is 31.4 Å². The van der Waals surface area contributed by atoms with Crippen LogP contribution in [0.3, 0.4) is 0 Å². The van der Waals surface area contributed by atoms with Gasteiger partial charge in [0.2, 0.25) is 20.0 Å². The number of sulfonamides is 2. The molecule has 0 amide bonds. The molecule has 0 aliphatic carbocycles. The fourth-order valence-electron chi connectivity index (χ4n) is 1.47. The topological polar surface area (TPSA) is 144 Å². The molecule has 0 bridgehead atoms. The van der Waals surface area contributed by atoms with Gasteiger partial charge in [-0.3, -0.25) is 0 Å². The minimum absolute atomic E-state index is 0.0724. The number of nitrogen functional groups attached to an aromatic ring is 1. The van der Waals surface area contributed by atoms with Gasteiger partial charge in [-0.05, 0) is 31.7 Å². The Morgan fingerprint density at radius 1 is 1.20 bits per heavy atom. The molecular formula is C10H18N4O4S2. The van der Waals surface area contributed by atoms with Crippen molar-refractivity contribution in [2.24, 2.45) is 5.14 Å². The lowest BCUT2D eigenvalue weighted by Crippen LogP contribution is -2.20. The number of primary sulfonamides is 1.